The van der Waals surface area contributed by atoms with E-state index in [1.807, 2.05) is 31.2 Å². The summed E-state index contributed by atoms with van der Waals surface area (Å²) in [6, 6.07) is 7.65. The van der Waals surface area contributed by atoms with Gasteiger partial charge in [0.2, 0.25) is 21.8 Å². The van der Waals surface area contributed by atoms with Gasteiger partial charge in [-0.15, -0.1) is 10.2 Å². The van der Waals surface area contributed by atoms with E-state index in [-0.39, 0.29) is 18.2 Å². The smallest absolute Gasteiger partial charge is 0.247 e. The van der Waals surface area contributed by atoms with Gasteiger partial charge in [-0.1, -0.05) is 17.7 Å². The van der Waals surface area contributed by atoms with Crippen molar-refractivity contribution >= 4 is 10.0 Å². The SMILES string of the molecule is CCS(=O)(=O)NCc1nnc(-c2cccc(C)c2)o1. The van der Waals surface area contributed by atoms with Crippen LogP contribution in [0.15, 0.2) is 28.7 Å². The average Bonchev–Trinajstić information content (AvgIpc) is 2.85. The van der Waals surface area contributed by atoms with Crippen LogP contribution in [0.5, 0.6) is 0 Å². The summed E-state index contributed by atoms with van der Waals surface area (Å²) >= 11 is 0. The molecule has 0 saturated carbocycles. The lowest BCUT2D eigenvalue weighted by atomic mass is 10.1. The fraction of sp³-hybridized carbons (Fsp3) is 0.333. The molecular formula is C12H15N3O3S. The van der Waals surface area contributed by atoms with Gasteiger partial charge >= 0.3 is 0 Å². The third-order valence-electron chi connectivity index (χ3n) is 2.56. The molecule has 1 heterocycles. The lowest BCUT2D eigenvalue weighted by Crippen LogP contribution is -2.24. The molecule has 2 aromatic rings. The first-order valence-corrected chi connectivity index (χ1v) is 7.52. The van der Waals surface area contributed by atoms with Crippen molar-refractivity contribution in [2.24, 2.45) is 0 Å². The van der Waals surface area contributed by atoms with E-state index in [1.54, 1.807) is 6.92 Å². The van der Waals surface area contributed by atoms with Gasteiger partial charge in [0.05, 0.1) is 12.3 Å². The number of nitrogens with zero attached hydrogens (tertiary/aromatic N) is 2. The molecule has 6 nitrogen and oxygen atoms in total. The van der Waals surface area contributed by atoms with Crippen molar-refractivity contribution in [1.29, 1.82) is 0 Å². The highest BCUT2D eigenvalue weighted by Gasteiger charge is 2.11. The Morgan fingerprint density at radius 3 is 2.79 bits per heavy atom. The van der Waals surface area contributed by atoms with Gasteiger partial charge in [-0.2, -0.15) is 0 Å². The summed E-state index contributed by atoms with van der Waals surface area (Å²) in [6.45, 7) is 3.54. The van der Waals surface area contributed by atoms with Crippen LogP contribution in [0.4, 0.5) is 0 Å². The molecule has 0 unspecified atom stereocenters. The first-order chi connectivity index (χ1) is 9.00. The molecule has 2 rings (SSSR count). The zero-order valence-electron chi connectivity index (χ0n) is 10.8. The molecule has 0 aliphatic heterocycles. The van der Waals surface area contributed by atoms with Crippen LogP contribution in [-0.4, -0.2) is 24.4 Å². The maximum absolute atomic E-state index is 11.3. The van der Waals surface area contributed by atoms with Crippen molar-refractivity contribution in [2.45, 2.75) is 20.4 Å². The number of hydrogen-bond donors (Lipinski definition) is 1. The number of nitrogens with one attached hydrogen (secondary N) is 1. The number of aryl methyl sites for hydroxylation is 1. The van der Waals surface area contributed by atoms with Gasteiger partial charge in [-0.25, -0.2) is 13.1 Å². The summed E-state index contributed by atoms with van der Waals surface area (Å²) < 4.78 is 30.4. The van der Waals surface area contributed by atoms with E-state index in [0.29, 0.717) is 5.89 Å². The molecule has 0 aliphatic rings. The molecule has 0 amide bonds. The highest BCUT2D eigenvalue weighted by Crippen LogP contribution is 2.18. The fourth-order valence-corrected chi connectivity index (χ4v) is 2.04. The largest absolute Gasteiger partial charge is 0.419 e. The van der Waals surface area contributed by atoms with Crippen LogP contribution in [0.2, 0.25) is 0 Å². The Bertz CT molecular complexity index is 664. The molecule has 0 aliphatic carbocycles. The van der Waals surface area contributed by atoms with Crippen molar-refractivity contribution in [3.63, 3.8) is 0 Å². The summed E-state index contributed by atoms with van der Waals surface area (Å²) in [7, 11) is -3.26. The summed E-state index contributed by atoms with van der Waals surface area (Å²) in [4.78, 5) is 0. The maximum atomic E-state index is 11.3. The molecule has 7 heteroatoms. The normalized spacial score (nSPS) is 11.7. The van der Waals surface area contributed by atoms with Crippen LogP contribution in [0, 0.1) is 6.92 Å². The van der Waals surface area contributed by atoms with Gasteiger partial charge in [0.15, 0.2) is 0 Å². The van der Waals surface area contributed by atoms with Crippen LogP contribution in [0.3, 0.4) is 0 Å². The molecule has 0 spiro atoms. The molecule has 0 atom stereocenters. The fourth-order valence-electron chi connectivity index (χ4n) is 1.49. The van der Waals surface area contributed by atoms with Crippen LogP contribution < -0.4 is 4.72 Å². The van der Waals surface area contributed by atoms with E-state index in [4.69, 9.17) is 4.42 Å². The Morgan fingerprint density at radius 2 is 2.11 bits per heavy atom. The number of hydrogen-bond acceptors (Lipinski definition) is 5. The van der Waals surface area contributed by atoms with Crippen LogP contribution in [0.1, 0.15) is 18.4 Å². The first-order valence-electron chi connectivity index (χ1n) is 5.87. The monoisotopic (exact) mass is 281 g/mol. The minimum absolute atomic E-state index is 0.00892. The van der Waals surface area contributed by atoms with E-state index in [2.05, 4.69) is 14.9 Å². The number of rotatable bonds is 5. The molecule has 1 aromatic heterocycles. The van der Waals surface area contributed by atoms with Gasteiger partial charge in [0, 0.05) is 5.56 Å². The van der Waals surface area contributed by atoms with Crippen LogP contribution in [0.25, 0.3) is 11.5 Å². The summed E-state index contributed by atoms with van der Waals surface area (Å²) in [6.07, 6.45) is 0. The van der Waals surface area contributed by atoms with Crippen molar-refractivity contribution in [1.82, 2.24) is 14.9 Å². The van der Waals surface area contributed by atoms with Crippen molar-refractivity contribution in [3.05, 3.63) is 35.7 Å². The summed E-state index contributed by atoms with van der Waals surface area (Å²) in [5, 5.41) is 7.72. The molecule has 102 valence electrons. The van der Waals surface area contributed by atoms with Gasteiger partial charge < -0.3 is 4.42 Å². The molecule has 0 saturated heterocycles. The van der Waals surface area contributed by atoms with Gasteiger partial charge in [-0.05, 0) is 26.0 Å². The Morgan fingerprint density at radius 1 is 1.32 bits per heavy atom. The summed E-state index contributed by atoms with van der Waals surface area (Å²) in [5.41, 5.74) is 1.90. The highest BCUT2D eigenvalue weighted by atomic mass is 32.2. The Kier molecular flexibility index (Phi) is 3.96. The van der Waals surface area contributed by atoms with E-state index in [9.17, 15) is 8.42 Å². The molecule has 19 heavy (non-hydrogen) atoms. The standard InChI is InChI=1S/C12H15N3O3S/c1-3-19(16,17)13-8-11-14-15-12(18-11)10-6-4-5-9(2)7-10/h4-7,13H,3,8H2,1-2H3. The molecule has 0 fully saturated rings. The second kappa shape index (κ2) is 5.50. The zero-order chi connectivity index (χ0) is 13.9. The lowest BCUT2D eigenvalue weighted by Gasteiger charge is -2.00. The zero-order valence-corrected chi connectivity index (χ0v) is 11.6. The molecular weight excluding hydrogens is 266 g/mol. The average molecular weight is 281 g/mol. The van der Waals surface area contributed by atoms with Crippen molar-refractivity contribution < 1.29 is 12.8 Å². The minimum atomic E-state index is -3.26. The Hall–Kier alpha value is -1.73. The third kappa shape index (κ3) is 3.62. The molecule has 1 N–H and O–H groups in total. The van der Waals surface area contributed by atoms with Gasteiger partial charge in [0.1, 0.15) is 0 Å². The van der Waals surface area contributed by atoms with Crippen LogP contribution >= 0.6 is 0 Å². The van der Waals surface area contributed by atoms with Gasteiger partial charge in [-0.3, -0.25) is 0 Å². The number of sulfonamides is 1. The lowest BCUT2D eigenvalue weighted by molar-refractivity contribution is 0.494. The molecule has 1 aromatic carbocycles. The van der Waals surface area contributed by atoms with Crippen molar-refractivity contribution in [2.75, 3.05) is 5.75 Å². The number of benzene rings is 1. The first kappa shape index (κ1) is 13.7. The van der Waals surface area contributed by atoms with Crippen LogP contribution in [-0.2, 0) is 16.6 Å². The Labute approximate surface area is 111 Å². The number of aromatic nitrogens is 2. The quantitative estimate of drug-likeness (QED) is 0.897. The van der Waals surface area contributed by atoms with Crippen molar-refractivity contribution in [3.8, 4) is 11.5 Å². The third-order valence-corrected chi connectivity index (χ3v) is 3.90. The maximum Gasteiger partial charge on any atom is 0.247 e. The second-order valence-electron chi connectivity index (χ2n) is 4.09. The predicted octanol–water partition coefficient (Wildman–Crippen LogP) is 1.48. The molecule has 0 bridgehead atoms. The minimum Gasteiger partial charge on any atom is -0.419 e. The second-order valence-corrected chi connectivity index (χ2v) is 6.19. The molecule has 0 radical (unpaired) electrons. The van der Waals surface area contributed by atoms with E-state index >= 15 is 0 Å². The van der Waals surface area contributed by atoms with E-state index in [1.165, 1.54) is 0 Å². The van der Waals surface area contributed by atoms with Gasteiger partial charge in [0.25, 0.3) is 0 Å². The highest BCUT2D eigenvalue weighted by molar-refractivity contribution is 7.89. The Balaban J connectivity index is 2.12. The predicted molar refractivity (Wildman–Crippen MR) is 70.8 cm³/mol. The van der Waals surface area contributed by atoms with E-state index in [0.717, 1.165) is 11.1 Å². The van der Waals surface area contributed by atoms with E-state index < -0.39 is 10.0 Å². The summed E-state index contributed by atoms with van der Waals surface area (Å²) in [5.74, 6) is 0.647. The topological polar surface area (TPSA) is 85.1 Å².